The molecule has 0 aromatic heterocycles. The highest BCUT2D eigenvalue weighted by molar-refractivity contribution is 6.39. The van der Waals surface area contributed by atoms with E-state index in [9.17, 15) is 14.4 Å². The SMILES string of the molecule is COc1cc(/C=C2\C(=O)NC(=O)N(c3cccc(C)c3)C2=O)cc(Cl)c1OCc1cccc(Cl)c1. The number of nitrogens with one attached hydrogen (secondary N) is 1. The molecule has 4 rings (SSSR count). The van der Waals surface area contributed by atoms with Crippen LogP contribution in [0.15, 0.2) is 66.2 Å². The molecule has 4 amide bonds. The number of aryl methyl sites for hydroxylation is 1. The van der Waals surface area contributed by atoms with E-state index in [0.717, 1.165) is 16.0 Å². The Bertz CT molecular complexity index is 1370. The number of hydrogen-bond donors (Lipinski definition) is 1. The molecule has 35 heavy (non-hydrogen) atoms. The molecule has 3 aromatic carbocycles. The second-order valence-corrected chi connectivity index (χ2v) is 8.59. The number of rotatable bonds is 6. The van der Waals surface area contributed by atoms with E-state index in [4.69, 9.17) is 32.7 Å². The zero-order valence-electron chi connectivity index (χ0n) is 18.8. The molecule has 7 nitrogen and oxygen atoms in total. The van der Waals surface area contributed by atoms with Gasteiger partial charge in [-0.2, -0.15) is 0 Å². The van der Waals surface area contributed by atoms with E-state index in [1.54, 1.807) is 42.5 Å². The highest BCUT2D eigenvalue weighted by Crippen LogP contribution is 2.38. The predicted molar refractivity (Wildman–Crippen MR) is 134 cm³/mol. The number of hydrogen-bond acceptors (Lipinski definition) is 5. The summed E-state index contributed by atoms with van der Waals surface area (Å²) in [5, 5.41) is 3.00. The van der Waals surface area contributed by atoms with Gasteiger partial charge in [0.05, 0.1) is 17.8 Å². The Hall–Kier alpha value is -3.81. The van der Waals surface area contributed by atoms with Gasteiger partial charge in [-0.25, -0.2) is 9.69 Å². The van der Waals surface area contributed by atoms with Crippen molar-refractivity contribution >= 4 is 52.8 Å². The van der Waals surface area contributed by atoms with Crippen molar-refractivity contribution in [2.45, 2.75) is 13.5 Å². The maximum atomic E-state index is 13.1. The molecule has 0 saturated carbocycles. The van der Waals surface area contributed by atoms with Crippen molar-refractivity contribution in [3.8, 4) is 11.5 Å². The van der Waals surface area contributed by atoms with Gasteiger partial charge in [0, 0.05) is 5.02 Å². The molecule has 0 spiro atoms. The van der Waals surface area contributed by atoms with E-state index >= 15 is 0 Å². The second-order valence-electron chi connectivity index (χ2n) is 7.75. The van der Waals surface area contributed by atoms with Crippen LogP contribution in [-0.4, -0.2) is 25.0 Å². The average molecular weight is 511 g/mol. The van der Waals surface area contributed by atoms with Crippen LogP contribution in [0.1, 0.15) is 16.7 Å². The van der Waals surface area contributed by atoms with Gasteiger partial charge in [-0.3, -0.25) is 14.9 Å². The summed E-state index contributed by atoms with van der Waals surface area (Å²) in [5.74, 6) is -0.949. The van der Waals surface area contributed by atoms with Gasteiger partial charge in [0.25, 0.3) is 11.8 Å². The van der Waals surface area contributed by atoms with Crippen molar-refractivity contribution in [1.29, 1.82) is 0 Å². The van der Waals surface area contributed by atoms with E-state index in [1.165, 1.54) is 13.2 Å². The first kappa shape index (κ1) is 24.3. The third kappa shape index (κ3) is 5.31. The van der Waals surface area contributed by atoms with E-state index in [-0.39, 0.29) is 17.2 Å². The minimum absolute atomic E-state index is 0.200. The van der Waals surface area contributed by atoms with E-state index in [0.29, 0.717) is 27.8 Å². The molecule has 1 N–H and O–H groups in total. The zero-order chi connectivity index (χ0) is 25.1. The lowest BCUT2D eigenvalue weighted by Gasteiger charge is -2.26. The standard InChI is InChI=1S/C26H20Cl2N2O5/c1-15-5-3-8-19(9-15)30-25(32)20(24(31)29-26(30)33)11-17-12-21(28)23(22(13-17)34-2)35-14-16-6-4-7-18(27)10-16/h3-13H,14H2,1-2H3,(H,29,31,33)/b20-11+. The van der Waals surface area contributed by atoms with Crippen molar-refractivity contribution in [1.82, 2.24) is 5.32 Å². The van der Waals surface area contributed by atoms with Crippen LogP contribution in [0.2, 0.25) is 10.0 Å². The molecule has 3 aromatic rings. The van der Waals surface area contributed by atoms with Crippen molar-refractivity contribution < 1.29 is 23.9 Å². The minimum Gasteiger partial charge on any atom is -0.493 e. The summed E-state index contributed by atoms with van der Waals surface area (Å²) in [5.41, 5.74) is 2.24. The summed E-state index contributed by atoms with van der Waals surface area (Å²) in [6.07, 6.45) is 1.35. The van der Waals surface area contributed by atoms with E-state index in [2.05, 4.69) is 5.32 Å². The van der Waals surface area contributed by atoms with Crippen LogP contribution in [0, 0.1) is 6.92 Å². The molecular weight excluding hydrogens is 491 g/mol. The third-order valence-corrected chi connectivity index (χ3v) is 5.71. The molecule has 0 unspecified atom stereocenters. The lowest BCUT2D eigenvalue weighted by molar-refractivity contribution is -0.122. The highest BCUT2D eigenvalue weighted by atomic mass is 35.5. The first-order valence-electron chi connectivity index (χ1n) is 10.5. The quantitative estimate of drug-likeness (QED) is 0.346. The Morgan fingerprint density at radius 1 is 1.00 bits per heavy atom. The molecule has 1 aliphatic rings. The molecule has 1 heterocycles. The van der Waals surface area contributed by atoms with Crippen LogP contribution < -0.4 is 19.7 Å². The third-order valence-electron chi connectivity index (χ3n) is 5.20. The Kier molecular flexibility index (Phi) is 7.10. The van der Waals surface area contributed by atoms with Crippen LogP contribution >= 0.6 is 23.2 Å². The largest absolute Gasteiger partial charge is 0.493 e. The molecule has 0 radical (unpaired) electrons. The summed E-state index contributed by atoms with van der Waals surface area (Å²) >= 11 is 12.5. The predicted octanol–water partition coefficient (Wildman–Crippen LogP) is 5.56. The smallest absolute Gasteiger partial charge is 0.335 e. The zero-order valence-corrected chi connectivity index (χ0v) is 20.3. The number of anilines is 1. The molecule has 0 bridgehead atoms. The summed E-state index contributed by atoms with van der Waals surface area (Å²) in [6.45, 7) is 2.04. The van der Waals surface area contributed by atoms with Gasteiger partial charge in [-0.05, 0) is 66.1 Å². The summed E-state index contributed by atoms with van der Waals surface area (Å²) in [4.78, 5) is 39.0. The lowest BCUT2D eigenvalue weighted by Crippen LogP contribution is -2.54. The van der Waals surface area contributed by atoms with Gasteiger partial charge < -0.3 is 9.47 Å². The summed E-state index contributed by atoms with van der Waals surface area (Å²) in [7, 11) is 1.45. The first-order valence-corrected chi connectivity index (χ1v) is 11.3. The maximum Gasteiger partial charge on any atom is 0.335 e. The minimum atomic E-state index is -0.817. The molecule has 1 saturated heterocycles. The molecular formula is C26H20Cl2N2O5. The number of barbiturate groups is 1. The molecule has 178 valence electrons. The molecule has 9 heteroatoms. The fourth-order valence-corrected chi connectivity index (χ4v) is 4.06. The molecule has 0 aliphatic carbocycles. The number of nitrogens with zero attached hydrogens (tertiary/aromatic N) is 1. The second kappa shape index (κ2) is 10.2. The van der Waals surface area contributed by atoms with Crippen molar-refractivity contribution in [3.05, 3.63) is 93.0 Å². The topological polar surface area (TPSA) is 84.9 Å². The molecule has 0 atom stereocenters. The number of carbonyl (C=O) groups excluding carboxylic acids is 3. The van der Waals surface area contributed by atoms with Crippen LogP contribution in [0.3, 0.4) is 0 Å². The van der Waals surface area contributed by atoms with Crippen molar-refractivity contribution in [2.24, 2.45) is 0 Å². The Morgan fingerprint density at radius 3 is 2.49 bits per heavy atom. The van der Waals surface area contributed by atoms with Crippen molar-refractivity contribution in [3.63, 3.8) is 0 Å². The number of carbonyl (C=O) groups is 3. The number of amides is 4. The number of ether oxygens (including phenoxy) is 2. The lowest BCUT2D eigenvalue weighted by atomic mass is 10.1. The van der Waals surface area contributed by atoms with Gasteiger partial charge in [0.1, 0.15) is 12.2 Å². The molecule has 1 fully saturated rings. The number of halogens is 2. The van der Waals surface area contributed by atoms with Gasteiger partial charge in [-0.15, -0.1) is 0 Å². The van der Waals surface area contributed by atoms with Crippen LogP contribution in [0.5, 0.6) is 11.5 Å². The Morgan fingerprint density at radius 2 is 1.77 bits per heavy atom. The van der Waals surface area contributed by atoms with Gasteiger partial charge in [0.2, 0.25) is 0 Å². The van der Waals surface area contributed by atoms with Crippen molar-refractivity contribution in [2.75, 3.05) is 12.0 Å². The van der Waals surface area contributed by atoms with Crippen LogP contribution in [-0.2, 0) is 16.2 Å². The van der Waals surface area contributed by atoms with E-state index in [1.807, 2.05) is 25.1 Å². The normalized spacial score (nSPS) is 14.8. The summed E-state index contributed by atoms with van der Waals surface area (Å²) in [6, 6.07) is 16.4. The first-order chi connectivity index (χ1) is 16.8. The highest BCUT2D eigenvalue weighted by Gasteiger charge is 2.36. The fraction of sp³-hybridized carbons (Fsp3) is 0.115. The van der Waals surface area contributed by atoms with Gasteiger partial charge in [-0.1, -0.05) is 47.5 Å². The van der Waals surface area contributed by atoms with Gasteiger partial charge in [0.15, 0.2) is 11.5 Å². The number of benzene rings is 3. The number of urea groups is 1. The fourth-order valence-electron chi connectivity index (χ4n) is 3.57. The number of imide groups is 2. The van der Waals surface area contributed by atoms with Gasteiger partial charge >= 0.3 is 6.03 Å². The van der Waals surface area contributed by atoms with E-state index < -0.39 is 17.8 Å². The van der Waals surface area contributed by atoms with Crippen LogP contribution in [0.25, 0.3) is 6.08 Å². The van der Waals surface area contributed by atoms with Crippen LogP contribution in [0.4, 0.5) is 10.5 Å². The average Bonchev–Trinajstić information content (AvgIpc) is 2.80. The Balaban J connectivity index is 1.64. The maximum absolute atomic E-state index is 13.1. The monoisotopic (exact) mass is 510 g/mol. The number of methoxy groups -OCH3 is 1. The Labute approximate surface area is 211 Å². The summed E-state index contributed by atoms with van der Waals surface area (Å²) < 4.78 is 11.3. The molecule has 1 aliphatic heterocycles.